The lowest BCUT2D eigenvalue weighted by Crippen LogP contribution is -2.44. The van der Waals surface area contributed by atoms with Crippen molar-refractivity contribution in [3.63, 3.8) is 0 Å². The molecule has 0 amide bonds. The molecule has 1 heterocycles. The smallest absolute Gasteiger partial charge is 0.142 e. The van der Waals surface area contributed by atoms with Crippen LogP contribution in [-0.4, -0.2) is 61.6 Å². The lowest BCUT2D eigenvalue weighted by molar-refractivity contribution is 0.0459. The molecule has 1 aliphatic heterocycles. The number of anilines is 1. The van der Waals surface area contributed by atoms with Crippen LogP contribution in [0.5, 0.6) is 5.75 Å². The molecule has 1 aliphatic carbocycles. The number of hydrogen-bond donors (Lipinski definition) is 2. The van der Waals surface area contributed by atoms with Crippen LogP contribution in [0.4, 0.5) is 5.69 Å². The van der Waals surface area contributed by atoms with Gasteiger partial charge >= 0.3 is 0 Å². The van der Waals surface area contributed by atoms with Gasteiger partial charge in [0.15, 0.2) is 0 Å². The van der Waals surface area contributed by atoms with Crippen molar-refractivity contribution in [2.45, 2.75) is 58.2 Å². The fraction of sp³-hybridized carbons (Fsp3) is 0.562. The number of fused-ring (bicyclic) bond motifs is 1. The largest absolute Gasteiger partial charge is 0.491 e. The molecule has 2 N–H and O–H groups in total. The number of halogens is 1. The molecule has 6 heteroatoms. The molecule has 0 spiro atoms. The lowest BCUT2D eigenvalue weighted by Gasteiger charge is -2.42. The topological polar surface area (TPSA) is 56.2 Å². The summed E-state index contributed by atoms with van der Waals surface area (Å²) in [5.74, 6) is 2.14. The maximum absolute atomic E-state index is 11.0. The molecule has 2 aromatic rings. The van der Waals surface area contributed by atoms with Crippen LogP contribution in [0, 0.1) is 17.8 Å². The van der Waals surface area contributed by atoms with Crippen LogP contribution < -0.4 is 9.64 Å². The molecular formula is C32H45ClN2O3. The van der Waals surface area contributed by atoms with E-state index in [2.05, 4.69) is 62.0 Å². The number of hydrogen-bond acceptors (Lipinski definition) is 5. The Kier molecular flexibility index (Phi) is 10.2. The summed E-state index contributed by atoms with van der Waals surface area (Å²) in [5.41, 5.74) is 4.53. The Morgan fingerprint density at radius 1 is 1.16 bits per heavy atom. The van der Waals surface area contributed by atoms with E-state index in [1.54, 1.807) is 0 Å². The maximum atomic E-state index is 11.0. The van der Waals surface area contributed by atoms with Gasteiger partial charge in [-0.15, -0.1) is 0 Å². The average Bonchev–Trinajstić information content (AvgIpc) is 3.04. The molecule has 2 aliphatic rings. The van der Waals surface area contributed by atoms with Gasteiger partial charge in [-0.2, -0.15) is 0 Å². The number of rotatable bonds is 11. The zero-order chi connectivity index (χ0) is 27.2. The van der Waals surface area contributed by atoms with Crippen LogP contribution in [-0.2, 0) is 13.0 Å². The SMILES string of the molecule is CCCc1cc(Cl)ccc1C1COc2ccc(CO)cc2N(CC2CCC2C(O)/C=C/C(C)CN(C)C)C1. The minimum absolute atomic E-state index is 0.00305. The number of aliphatic hydroxyl groups excluding tert-OH is 2. The second-order valence-electron chi connectivity index (χ2n) is 11.6. The summed E-state index contributed by atoms with van der Waals surface area (Å²) in [6.07, 6.45) is 7.97. The van der Waals surface area contributed by atoms with E-state index in [1.807, 2.05) is 24.3 Å². The van der Waals surface area contributed by atoms with E-state index in [4.69, 9.17) is 16.3 Å². The van der Waals surface area contributed by atoms with Crippen molar-refractivity contribution in [1.29, 1.82) is 0 Å². The molecule has 0 saturated heterocycles. The number of aliphatic hydroxyl groups is 2. The highest BCUT2D eigenvalue weighted by Gasteiger charge is 2.38. The molecular weight excluding hydrogens is 496 g/mol. The summed E-state index contributed by atoms with van der Waals surface area (Å²) in [6, 6.07) is 12.3. The Morgan fingerprint density at radius 3 is 2.66 bits per heavy atom. The predicted octanol–water partition coefficient (Wildman–Crippen LogP) is 5.91. The molecule has 5 atom stereocenters. The number of aryl methyl sites for hydroxylation is 1. The fourth-order valence-corrected chi connectivity index (χ4v) is 6.29. The molecule has 0 radical (unpaired) electrons. The van der Waals surface area contributed by atoms with Crippen LogP contribution in [0.1, 0.15) is 55.7 Å². The van der Waals surface area contributed by atoms with Gasteiger partial charge in [-0.1, -0.05) is 56.2 Å². The van der Waals surface area contributed by atoms with E-state index in [1.165, 1.54) is 11.1 Å². The first-order valence-electron chi connectivity index (χ1n) is 14.2. The summed E-state index contributed by atoms with van der Waals surface area (Å²) in [6.45, 7) is 7.66. The van der Waals surface area contributed by atoms with Gasteiger partial charge in [0.2, 0.25) is 0 Å². The van der Waals surface area contributed by atoms with Crippen LogP contribution in [0.15, 0.2) is 48.6 Å². The minimum atomic E-state index is -0.423. The Hall–Kier alpha value is -2.05. The van der Waals surface area contributed by atoms with E-state index in [0.717, 1.165) is 67.3 Å². The quantitative estimate of drug-likeness (QED) is 0.347. The second-order valence-corrected chi connectivity index (χ2v) is 12.0. The fourth-order valence-electron chi connectivity index (χ4n) is 6.09. The highest BCUT2D eigenvalue weighted by atomic mass is 35.5. The Morgan fingerprint density at radius 2 is 1.97 bits per heavy atom. The van der Waals surface area contributed by atoms with Gasteiger partial charge in [-0.3, -0.25) is 0 Å². The van der Waals surface area contributed by atoms with Crippen LogP contribution in [0.2, 0.25) is 5.02 Å². The number of nitrogens with zero attached hydrogens (tertiary/aromatic N) is 2. The first-order valence-corrected chi connectivity index (χ1v) is 14.6. The number of benzene rings is 2. The van der Waals surface area contributed by atoms with Crippen molar-refractivity contribution in [3.8, 4) is 5.75 Å². The molecule has 2 aromatic carbocycles. The van der Waals surface area contributed by atoms with E-state index in [9.17, 15) is 10.2 Å². The summed E-state index contributed by atoms with van der Waals surface area (Å²) in [4.78, 5) is 4.62. The average molecular weight is 541 g/mol. The van der Waals surface area contributed by atoms with Crippen molar-refractivity contribution < 1.29 is 14.9 Å². The monoisotopic (exact) mass is 540 g/mol. The molecule has 1 saturated carbocycles. The zero-order valence-electron chi connectivity index (χ0n) is 23.4. The van der Waals surface area contributed by atoms with Gasteiger partial charge in [-0.25, -0.2) is 0 Å². The maximum Gasteiger partial charge on any atom is 0.142 e. The normalized spacial score (nSPS) is 23.1. The summed E-state index contributed by atoms with van der Waals surface area (Å²) in [5, 5.41) is 21.7. The molecule has 1 fully saturated rings. The Balaban J connectivity index is 1.56. The highest BCUT2D eigenvalue weighted by molar-refractivity contribution is 6.30. The van der Waals surface area contributed by atoms with Gasteiger partial charge in [0.05, 0.1) is 25.0 Å². The Bertz CT molecular complexity index is 1090. The van der Waals surface area contributed by atoms with Crippen molar-refractivity contribution in [3.05, 3.63) is 70.3 Å². The van der Waals surface area contributed by atoms with Crippen molar-refractivity contribution in [1.82, 2.24) is 4.90 Å². The molecule has 5 nitrogen and oxygen atoms in total. The van der Waals surface area contributed by atoms with Gasteiger partial charge in [-0.05, 0) is 92.1 Å². The predicted molar refractivity (Wildman–Crippen MR) is 157 cm³/mol. The van der Waals surface area contributed by atoms with Crippen LogP contribution >= 0.6 is 11.6 Å². The molecule has 208 valence electrons. The van der Waals surface area contributed by atoms with Crippen molar-refractivity contribution in [2.75, 3.05) is 45.2 Å². The first kappa shape index (κ1) is 28.9. The third-order valence-electron chi connectivity index (χ3n) is 8.15. The highest BCUT2D eigenvalue weighted by Crippen LogP contribution is 2.42. The number of ether oxygens (including phenoxy) is 1. The van der Waals surface area contributed by atoms with Gasteiger partial charge in [0.1, 0.15) is 5.75 Å². The minimum Gasteiger partial charge on any atom is -0.491 e. The van der Waals surface area contributed by atoms with Crippen molar-refractivity contribution >= 4 is 17.3 Å². The molecule has 0 bridgehead atoms. The summed E-state index contributed by atoms with van der Waals surface area (Å²) >= 11 is 6.37. The molecule has 4 rings (SSSR count). The van der Waals surface area contributed by atoms with Gasteiger partial charge in [0.25, 0.3) is 0 Å². The Labute approximate surface area is 234 Å². The third kappa shape index (κ3) is 7.12. The van der Waals surface area contributed by atoms with Crippen molar-refractivity contribution in [2.24, 2.45) is 17.8 Å². The third-order valence-corrected chi connectivity index (χ3v) is 8.39. The van der Waals surface area contributed by atoms with Crippen LogP contribution in [0.3, 0.4) is 0 Å². The van der Waals surface area contributed by atoms with E-state index < -0.39 is 6.10 Å². The molecule has 38 heavy (non-hydrogen) atoms. The standard InChI is InChI=1S/C32H45ClN2O3/c1-5-6-24-16-27(33)10-12-28(24)26-19-35(30-15-23(20-36)8-14-32(30)38-21-26)18-25-9-11-29(25)31(37)13-7-22(2)17-34(3)4/h7-8,10,12-16,22,25-26,29,31,36-37H,5-6,9,11,17-21H2,1-4H3/b13-7+. The molecule has 0 aromatic heterocycles. The van der Waals surface area contributed by atoms with Gasteiger partial charge < -0.3 is 24.7 Å². The van der Waals surface area contributed by atoms with Gasteiger partial charge in [0, 0.05) is 30.6 Å². The summed E-state index contributed by atoms with van der Waals surface area (Å²) in [7, 11) is 4.16. The second kappa shape index (κ2) is 13.3. The molecule has 5 unspecified atom stereocenters. The summed E-state index contributed by atoms with van der Waals surface area (Å²) < 4.78 is 6.39. The van der Waals surface area contributed by atoms with E-state index in [-0.39, 0.29) is 18.4 Å². The van der Waals surface area contributed by atoms with E-state index >= 15 is 0 Å². The van der Waals surface area contributed by atoms with Crippen LogP contribution in [0.25, 0.3) is 0 Å². The first-order chi connectivity index (χ1) is 18.3. The lowest BCUT2D eigenvalue weighted by atomic mass is 9.70. The zero-order valence-corrected chi connectivity index (χ0v) is 24.2. The van der Waals surface area contributed by atoms with E-state index in [0.29, 0.717) is 18.4 Å².